The number of fused-ring (bicyclic) bond motifs is 1. The van der Waals surface area contributed by atoms with E-state index in [0.717, 1.165) is 44.4 Å². The van der Waals surface area contributed by atoms with Gasteiger partial charge in [-0.25, -0.2) is 0 Å². The maximum absolute atomic E-state index is 6.10. The SMILES string of the molecule is CN=C(NCc1ncccc1C)N1CC2OCCN(Cc3ccccc3)C2C1. The van der Waals surface area contributed by atoms with E-state index < -0.39 is 0 Å². The molecule has 6 nitrogen and oxygen atoms in total. The first kappa shape index (κ1) is 18.9. The zero-order valence-corrected chi connectivity index (χ0v) is 16.7. The van der Waals surface area contributed by atoms with Gasteiger partial charge in [0.1, 0.15) is 0 Å². The van der Waals surface area contributed by atoms with E-state index in [0.29, 0.717) is 12.6 Å². The van der Waals surface area contributed by atoms with Crippen LogP contribution in [0, 0.1) is 6.92 Å². The molecule has 0 spiro atoms. The monoisotopic (exact) mass is 379 g/mol. The molecule has 28 heavy (non-hydrogen) atoms. The minimum Gasteiger partial charge on any atom is -0.373 e. The Morgan fingerprint density at radius 3 is 2.86 bits per heavy atom. The molecule has 148 valence electrons. The van der Waals surface area contributed by atoms with Crippen LogP contribution in [0.25, 0.3) is 0 Å². The summed E-state index contributed by atoms with van der Waals surface area (Å²) < 4.78 is 6.10. The van der Waals surface area contributed by atoms with E-state index in [1.54, 1.807) is 0 Å². The van der Waals surface area contributed by atoms with Gasteiger partial charge in [0.05, 0.1) is 31.0 Å². The van der Waals surface area contributed by atoms with Gasteiger partial charge in [-0.1, -0.05) is 36.4 Å². The van der Waals surface area contributed by atoms with Gasteiger partial charge in [-0.3, -0.25) is 14.9 Å². The summed E-state index contributed by atoms with van der Waals surface area (Å²) in [5.41, 5.74) is 3.61. The Morgan fingerprint density at radius 2 is 2.07 bits per heavy atom. The molecule has 0 amide bonds. The fourth-order valence-corrected chi connectivity index (χ4v) is 4.14. The van der Waals surface area contributed by atoms with Crippen molar-refractivity contribution in [1.82, 2.24) is 20.1 Å². The summed E-state index contributed by atoms with van der Waals surface area (Å²) in [7, 11) is 1.85. The van der Waals surface area contributed by atoms with E-state index in [4.69, 9.17) is 4.74 Å². The molecule has 4 rings (SSSR count). The number of aromatic nitrogens is 1. The van der Waals surface area contributed by atoms with Crippen LogP contribution in [0.1, 0.15) is 16.8 Å². The molecule has 2 saturated heterocycles. The van der Waals surface area contributed by atoms with Crippen LogP contribution in [0.2, 0.25) is 0 Å². The number of pyridine rings is 1. The van der Waals surface area contributed by atoms with Gasteiger partial charge >= 0.3 is 0 Å². The summed E-state index contributed by atoms with van der Waals surface area (Å²) in [5.74, 6) is 0.919. The number of likely N-dealkylation sites (tertiary alicyclic amines) is 1. The lowest BCUT2D eigenvalue weighted by atomic mass is 10.1. The van der Waals surface area contributed by atoms with E-state index in [-0.39, 0.29) is 6.10 Å². The van der Waals surface area contributed by atoms with Crippen molar-refractivity contribution in [3.63, 3.8) is 0 Å². The second-order valence-corrected chi connectivity index (χ2v) is 7.51. The lowest BCUT2D eigenvalue weighted by Gasteiger charge is -2.36. The highest BCUT2D eigenvalue weighted by Gasteiger charge is 2.41. The molecule has 1 N–H and O–H groups in total. The molecule has 0 bridgehead atoms. The Balaban J connectivity index is 1.40. The molecule has 0 saturated carbocycles. The molecular formula is C22H29N5O. The lowest BCUT2D eigenvalue weighted by Crippen LogP contribution is -2.50. The van der Waals surface area contributed by atoms with Crippen LogP contribution in [-0.4, -0.2) is 66.2 Å². The molecule has 0 aliphatic carbocycles. The summed E-state index contributed by atoms with van der Waals surface area (Å²) in [5, 5.41) is 3.48. The van der Waals surface area contributed by atoms with Gasteiger partial charge in [0, 0.05) is 39.4 Å². The number of ether oxygens (including phenoxy) is 1. The van der Waals surface area contributed by atoms with Crippen LogP contribution in [0.3, 0.4) is 0 Å². The molecule has 6 heteroatoms. The Bertz CT molecular complexity index is 810. The van der Waals surface area contributed by atoms with E-state index >= 15 is 0 Å². The van der Waals surface area contributed by atoms with Crippen molar-refractivity contribution in [2.75, 3.05) is 33.3 Å². The number of benzene rings is 1. The molecule has 2 fully saturated rings. The first-order chi connectivity index (χ1) is 13.7. The number of hydrogen-bond acceptors (Lipinski definition) is 4. The molecule has 2 aliphatic heterocycles. The standard InChI is InChI=1S/C22H29N5O/c1-17-7-6-10-24-19(17)13-25-22(23-2)27-15-20-21(16-27)28-12-11-26(20)14-18-8-4-3-5-9-18/h3-10,20-21H,11-16H2,1-2H3,(H,23,25). The van der Waals surface area contributed by atoms with Crippen molar-refractivity contribution in [1.29, 1.82) is 0 Å². The number of guanidine groups is 1. The van der Waals surface area contributed by atoms with Gasteiger partial charge in [0.15, 0.2) is 5.96 Å². The smallest absolute Gasteiger partial charge is 0.194 e. The predicted molar refractivity (Wildman–Crippen MR) is 111 cm³/mol. The van der Waals surface area contributed by atoms with Gasteiger partial charge in [-0.05, 0) is 24.1 Å². The predicted octanol–water partition coefficient (Wildman–Crippen LogP) is 2.05. The van der Waals surface area contributed by atoms with Gasteiger partial charge in [0.25, 0.3) is 0 Å². The van der Waals surface area contributed by atoms with Crippen molar-refractivity contribution in [2.45, 2.75) is 32.2 Å². The average molecular weight is 380 g/mol. The third-order valence-electron chi connectivity index (χ3n) is 5.69. The second-order valence-electron chi connectivity index (χ2n) is 7.51. The topological polar surface area (TPSA) is 53.0 Å². The molecule has 2 aromatic rings. The third kappa shape index (κ3) is 4.18. The quantitative estimate of drug-likeness (QED) is 0.651. The normalized spacial score (nSPS) is 22.9. The fourth-order valence-electron chi connectivity index (χ4n) is 4.14. The molecule has 2 unspecified atom stereocenters. The summed E-state index contributed by atoms with van der Waals surface area (Å²) in [6.45, 7) is 7.31. The fraction of sp³-hybridized carbons (Fsp3) is 0.455. The highest BCUT2D eigenvalue weighted by Crippen LogP contribution is 2.24. The number of morpholine rings is 1. The minimum atomic E-state index is 0.229. The Hall–Kier alpha value is -2.44. The average Bonchev–Trinajstić information content (AvgIpc) is 3.16. The van der Waals surface area contributed by atoms with Gasteiger partial charge in [0.2, 0.25) is 0 Å². The van der Waals surface area contributed by atoms with E-state index in [2.05, 4.69) is 68.4 Å². The molecule has 2 atom stereocenters. The van der Waals surface area contributed by atoms with Crippen molar-refractivity contribution < 1.29 is 4.74 Å². The highest BCUT2D eigenvalue weighted by atomic mass is 16.5. The van der Waals surface area contributed by atoms with E-state index in [1.807, 2.05) is 19.3 Å². The first-order valence-corrected chi connectivity index (χ1v) is 10.0. The number of nitrogens with one attached hydrogen (secondary N) is 1. The van der Waals surface area contributed by atoms with Crippen molar-refractivity contribution in [3.05, 3.63) is 65.5 Å². The number of rotatable bonds is 4. The highest BCUT2D eigenvalue weighted by molar-refractivity contribution is 5.80. The number of nitrogens with zero attached hydrogens (tertiary/aromatic N) is 4. The van der Waals surface area contributed by atoms with Crippen LogP contribution < -0.4 is 5.32 Å². The van der Waals surface area contributed by atoms with Crippen LogP contribution in [0.4, 0.5) is 0 Å². The number of aliphatic imine (C=N–C) groups is 1. The maximum Gasteiger partial charge on any atom is 0.194 e. The van der Waals surface area contributed by atoms with Crippen molar-refractivity contribution >= 4 is 5.96 Å². The zero-order valence-electron chi connectivity index (χ0n) is 16.7. The summed E-state index contributed by atoms with van der Waals surface area (Å²) in [6, 6.07) is 15.1. The van der Waals surface area contributed by atoms with E-state index in [1.165, 1.54) is 11.1 Å². The van der Waals surface area contributed by atoms with Crippen LogP contribution >= 0.6 is 0 Å². The molecule has 3 heterocycles. The van der Waals surface area contributed by atoms with Gasteiger partial charge < -0.3 is 15.0 Å². The van der Waals surface area contributed by atoms with Gasteiger partial charge in [-0.2, -0.15) is 0 Å². The van der Waals surface area contributed by atoms with Crippen molar-refractivity contribution in [3.8, 4) is 0 Å². The first-order valence-electron chi connectivity index (χ1n) is 10.0. The van der Waals surface area contributed by atoms with Crippen LogP contribution in [0.5, 0.6) is 0 Å². The summed E-state index contributed by atoms with van der Waals surface area (Å²) in [6.07, 6.45) is 2.07. The van der Waals surface area contributed by atoms with Crippen LogP contribution in [0.15, 0.2) is 53.7 Å². The summed E-state index contributed by atoms with van der Waals surface area (Å²) in [4.78, 5) is 13.9. The molecule has 2 aliphatic rings. The largest absolute Gasteiger partial charge is 0.373 e. The summed E-state index contributed by atoms with van der Waals surface area (Å²) >= 11 is 0. The minimum absolute atomic E-state index is 0.229. The molecular weight excluding hydrogens is 350 g/mol. The van der Waals surface area contributed by atoms with Crippen LogP contribution in [-0.2, 0) is 17.8 Å². The number of hydrogen-bond donors (Lipinski definition) is 1. The Kier molecular flexibility index (Phi) is 5.88. The maximum atomic E-state index is 6.10. The molecule has 1 aromatic carbocycles. The van der Waals surface area contributed by atoms with E-state index in [9.17, 15) is 0 Å². The Labute approximate surface area is 167 Å². The molecule has 1 aromatic heterocycles. The zero-order chi connectivity index (χ0) is 19.3. The third-order valence-corrected chi connectivity index (χ3v) is 5.69. The van der Waals surface area contributed by atoms with Crippen molar-refractivity contribution in [2.24, 2.45) is 4.99 Å². The molecule has 0 radical (unpaired) electrons. The number of aryl methyl sites for hydroxylation is 1. The second kappa shape index (κ2) is 8.71. The van der Waals surface area contributed by atoms with Gasteiger partial charge in [-0.15, -0.1) is 0 Å². The Morgan fingerprint density at radius 1 is 1.21 bits per heavy atom. The lowest BCUT2D eigenvalue weighted by molar-refractivity contribution is -0.0502.